The molecule has 1 aliphatic heterocycles. The Morgan fingerprint density at radius 1 is 1.06 bits per heavy atom. The topological polar surface area (TPSA) is 84.9 Å². The molecule has 0 saturated carbocycles. The molecular formula is C24H32N2O5S. The van der Waals surface area contributed by atoms with Gasteiger partial charge in [-0.3, -0.25) is 9.10 Å². The Bertz CT molecular complexity index is 995. The Hall–Kier alpha value is -2.74. The van der Waals surface area contributed by atoms with Gasteiger partial charge in [0.1, 0.15) is 19.8 Å². The van der Waals surface area contributed by atoms with Crippen molar-refractivity contribution in [1.82, 2.24) is 5.32 Å². The maximum Gasteiger partial charge on any atom is 0.264 e. The van der Waals surface area contributed by atoms with Crippen molar-refractivity contribution in [1.29, 1.82) is 0 Å². The number of nitrogens with one attached hydrogen (secondary N) is 1. The molecule has 0 radical (unpaired) electrons. The first-order chi connectivity index (χ1) is 15.5. The number of carbonyl (C=O) groups excluding carboxylic acids is 1. The summed E-state index contributed by atoms with van der Waals surface area (Å²) in [6.07, 6.45) is 4.23. The van der Waals surface area contributed by atoms with Gasteiger partial charge in [-0.15, -0.1) is 0 Å². The second-order valence-electron chi connectivity index (χ2n) is 7.87. The van der Waals surface area contributed by atoms with E-state index in [1.807, 2.05) is 0 Å². The van der Waals surface area contributed by atoms with Gasteiger partial charge in [0.15, 0.2) is 11.5 Å². The zero-order valence-electron chi connectivity index (χ0n) is 18.7. The summed E-state index contributed by atoms with van der Waals surface area (Å²) in [7, 11) is -3.96. The number of ether oxygens (including phenoxy) is 2. The Morgan fingerprint density at radius 2 is 1.78 bits per heavy atom. The molecule has 0 bridgehead atoms. The average molecular weight is 461 g/mol. The minimum atomic E-state index is -3.96. The lowest BCUT2D eigenvalue weighted by Crippen LogP contribution is -2.42. The lowest BCUT2D eigenvalue weighted by atomic mass is 9.99. The maximum absolute atomic E-state index is 13.4. The Kier molecular flexibility index (Phi) is 8.39. The predicted molar refractivity (Wildman–Crippen MR) is 125 cm³/mol. The summed E-state index contributed by atoms with van der Waals surface area (Å²) in [6, 6.07) is 13.0. The summed E-state index contributed by atoms with van der Waals surface area (Å²) < 4.78 is 39.2. The van der Waals surface area contributed by atoms with Gasteiger partial charge in [-0.25, -0.2) is 8.42 Å². The molecule has 0 fully saturated rings. The number of hydrogen-bond donors (Lipinski definition) is 1. The molecule has 1 N–H and O–H groups in total. The van der Waals surface area contributed by atoms with E-state index in [0.29, 0.717) is 42.9 Å². The predicted octanol–water partition coefficient (Wildman–Crippen LogP) is 3.99. The third-order valence-corrected chi connectivity index (χ3v) is 7.35. The number of benzene rings is 2. The van der Waals surface area contributed by atoms with Crippen molar-refractivity contribution < 1.29 is 22.7 Å². The number of amides is 1. The maximum atomic E-state index is 13.4. The second-order valence-corrected chi connectivity index (χ2v) is 9.74. The van der Waals surface area contributed by atoms with Crippen LogP contribution in [0.2, 0.25) is 0 Å². The minimum Gasteiger partial charge on any atom is -0.486 e. The zero-order chi connectivity index (χ0) is 23.0. The van der Waals surface area contributed by atoms with E-state index in [1.54, 1.807) is 36.4 Å². The monoisotopic (exact) mass is 460 g/mol. The highest BCUT2D eigenvalue weighted by Gasteiger charge is 2.28. The van der Waals surface area contributed by atoms with Crippen LogP contribution in [0.1, 0.15) is 39.5 Å². The molecule has 1 amide bonds. The van der Waals surface area contributed by atoms with E-state index >= 15 is 0 Å². The molecule has 3 rings (SSSR count). The van der Waals surface area contributed by atoms with E-state index in [1.165, 1.54) is 12.1 Å². The van der Waals surface area contributed by atoms with Crippen LogP contribution in [0.15, 0.2) is 53.4 Å². The summed E-state index contributed by atoms with van der Waals surface area (Å²) >= 11 is 0. The van der Waals surface area contributed by atoms with Crippen molar-refractivity contribution in [3.63, 3.8) is 0 Å². The van der Waals surface area contributed by atoms with Gasteiger partial charge < -0.3 is 14.8 Å². The molecule has 2 aromatic carbocycles. The van der Waals surface area contributed by atoms with Crippen molar-refractivity contribution in [3.8, 4) is 11.5 Å². The van der Waals surface area contributed by atoms with Gasteiger partial charge in [0.25, 0.3) is 10.0 Å². The molecule has 174 valence electrons. The molecule has 0 aliphatic carbocycles. The third-order valence-electron chi connectivity index (χ3n) is 5.56. The van der Waals surface area contributed by atoms with Gasteiger partial charge in [0.05, 0.1) is 10.6 Å². The number of anilines is 1. The number of carbonyl (C=O) groups is 1. The quantitative estimate of drug-likeness (QED) is 0.548. The van der Waals surface area contributed by atoms with Crippen LogP contribution >= 0.6 is 0 Å². The van der Waals surface area contributed by atoms with Crippen molar-refractivity contribution in [2.75, 3.05) is 30.6 Å². The SMILES string of the molecule is CCCC[C@H](CC)CNC(=O)CN(c1ccc2c(c1)OCCO2)S(=O)(=O)c1ccccc1. The molecule has 1 heterocycles. The highest BCUT2D eigenvalue weighted by molar-refractivity contribution is 7.92. The molecule has 1 atom stereocenters. The molecular weight excluding hydrogens is 428 g/mol. The van der Waals surface area contributed by atoms with E-state index in [0.717, 1.165) is 30.0 Å². The smallest absolute Gasteiger partial charge is 0.264 e. The average Bonchev–Trinajstić information content (AvgIpc) is 2.82. The summed E-state index contributed by atoms with van der Waals surface area (Å²) in [6.45, 7) is 5.30. The normalized spacial score (nSPS) is 13.9. The van der Waals surface area contributed by atoms with Crippen molar-refractivity contribution in [3.05, 3.63) is 48.5 Å². The first-order valence-electron chi connectivity index (χ1n) is 11.2. The summed E-state index contributed by atoms with van der Waals surface area (Å²) in [5.74, 6) is 1.07. The van der Waals surface area contributed by atoms with Crippen LogP contribution < -0.4 is 19.1 Å². The Balaban J connectivity index is 1.84. The standard InChI is InChI=1S/C24H32N2O5S/c1-3-5-9-19(4-2)17-25-24(27)18-26(32(28,29)21-10-7-6-8-11-21)20-12-13-22-23(16-20)31-15-14-30-22/h6-8,10-13,16,19H,3-5,9,14-15,17-18H2,1-2H3,(H,25,27)/t19-/m0/s1. The molecule has 0 saturated heterocycles. The van der Waals surface area contributed by atoms with Crippen molar-refractivity contribution >= 4 is 21.6 Å². The minimum absolute atomic E-state index is 0.122. The van der Waals surface area contributed by atoms with Crippen LogP contribution in [-0.4, -0.2) is 40.6 Å². The van der Waals surface area contributed by atoms with Crippen molar-refractivity contribution in [2.45, 2.75) is 44.4 Å². The first-order valence-corrected chi connectivity index (χ1v) is 12.6. The van der Waals surface area contributed by atoms with Crippen LogP contribution in [0, 0.1) is 5.92 Å². The highest BCUT2D eigenvalue weighted by Crippen LogP contribution is 2.35. The molecule has 0 unspecified atom stereocenters. The summed E-state index contributed by atoms with van der Waals surface area (Å²) in [4.78, 5) is 12.9. The van der Waals surface area contributed by atoms with Crippen LogP contribution in [0.25, 0.3) is 0 Å². The highest BCUT2D eigenvalue weighted by atomic mass is 32.2. The first kappa shape index (κ1) is 23.9. The lowest BCUT2D eigenvalue weighted by molar-refractivity contribution is -0.119. The fraction of sp³-hybridized carbons (Fsp3) is 0.458. The van der Waals surface area contributed by atoms with Crippen LogP contribution in [-0.2, 0) is 14.8 Å². The zero-order valence-corrected chi connectivity index (χ0v) is 19.6. The third kappa shape index (κ3) is 5.94. The molecule has 8 heteroatoms. The number of sulfonamides is 1. The lowest BCUT2D eigenvalue weighted by Gasteiger charge is -2.26. The summed E-state index contributed by atoms with van der Waals surface area (Å²) in [5, 5.41) is 2.93. The van der Waals surface area contributed by atoms with Crippen molar-refractivity contribution in [2.24, 2.45) is 5.92 Å². The van der Waals surface area contributed by atoms with Crippen LogP contribution in [0.5, 0.6) is 11.5 Å². The molecule has 0 spiro atoms. The van der Waals surface area contributed by atoms with Gasteiger partial charge >= 0.3 is 0 Å². The fourth-order valence-corrected chi connectivity index (χ4v) is 5.04. The Labute approximate surface area is 190 Å². The largest absolute Gasteiger partial charge is 0.486 e. The number of nitrogens with zero attached hydrogens (tertiary/aromatic N) is 1. The number of unbranched alkanes of at least 4 members (excludes halogenated alkanes) is 1. The number of fused-ring (bicyclic) bond motifs is 1. The number of hydrogen-bond acceptors (Lipinski definition) is 5. The molecule has 32 heavy (non-hydrogen) atoms. The van der Waals surface area contributed by atoms with Crippen LogP contribution in [0.3, 0.4) is 0 Å². The molecule has 2 aromatic rings. The Morgan fingerprint density at radius 3 is 2.47 bits per heavy atom. The number of rotatable bonds is 11. The fourth-order valence-electron chi connectivity index (χ4n) is 3.61. The van der Waals surface area contributed by atoms with Gasteiger partial charge in [-0.2, -0.15) is 0 Å². The van der Waals surface area contributed by atoms with E-state index < -0.39 is 10.0 Å². The van der Waals surface area contributed by atoms with E-state index in [-0.39, 0.29) is 17.3 Å². The van der Waals surface area contributed by atoms with E-state index in [9.17, 15) is 13.2 Å². The van der Waals surface area contributed by atoms with Gasteiger partial charge in [0.2, 0.25) is 5.91 Å². The molecule has 7 nitrogen and oxygen atoms in total. The van der Waals surface area contributed by atoms with E-state index in [2.05, 4.69) is 19.2 Å². The van der Waals surface area contributed by atoms with E-state index in [4.69, 9.17) is 9.47 Å². The van der Waals surface area contributed by atoms with Crippen LogP contribution in [0.4, 0.5) is 5.69 Å². The van der Waals surface area contributed by atoms with Gasteiger partial charge in [-0.1, -0.05) is 51.3 Å². The summed E-state index contributed by atoms with van der Waals surface area (Å²) in [5.41, 5.74) is 0.353. The molecule has 1 aliphatic rings. The second kappa shape index (κ2) is 11.2. The molecule has 0 aromatic heterocycles. The van der Waals surface area contributed by atoms with Gasteiger partial charge in [0, 0.05) is 12.6 Å². The van der Waals surface area contributed by atoms with Gasteiger partial charge in [-0.05, 0) is 36.6 Å².